The molecule has 4 aromatic heterocycles. The second-order valence-electron chi connectivity index (χ2n) is 20.7. The van der Waals surface area contributed by atoms with Crippen molar-refractivity contribution in [2.75, 3.05) is 0 Å². The number of hydrogen-bond acceptors (Lipinski definition) is 10. The minimum Gasteiger partial charge on any atom is -0.291 e. The monoisotopic (exact) mass is 1050 g/mol. The number of halogens is 2. The quantitative estimate of drug-likeness (QED) is 0.120. The summed E-state index contributed by atoms with van der Waals surface area (Å²) in [7, 11) is -7.48. The van der Waals surface area contributed by atoms with E-state index in [2.05, 4.69) is 20.2 Å². The van der Waals surface area contributed by atoms with Crippen molar-refractivity contribution in [3.63, 3.8) is 0 Å². The van der Waals surface area contributed by atoms with Crippen molar-refractivity contribution in [1.29, 1.82) is 0 Å². The van der Waals surface area contributed by atoms with Crippen molar-refractivity contribution in [2.45, 2.75) is 84.5 Å². The minimum atomic E-state index is -3.74. The molecule has 0 amide bonds. The van der Waals surface area contributed by atoms with Gasteiger partial charge in [-0.3, -0.25) is 19.6 Å². The van der Waals surface area contributed by atoms with Crippen molar-refractivity contribution in [3.05, 3.63) is 227 Å². The van der Waals surface area contributed by atoms with Gasteiger partial charge in [-0.05, 0) is 186 Å². The second kappa shape index (κ2) is 19.1. The van der Waals surface area contributed by atoms with Crippen molar-refractivity contribution in [3.8, 4) is 11.4 Å². The molecule has 12 rings (SSSR count). The van der Waals surface area contributed by atoms with E-state index < -0.39 is 40.0 Å². The summed E-state index contributed by atoms with van der Waals surface area (Å²) >= 11 is 0. The number of hydrogen-bond donors (Lipinski definition) is 0. The van der Waals surface area contributed by atoms with Crippen LogP contribution in [-0.4, -0.2) is 67.4 Å². The first-order valence-electron chi connectivity index (χ1n) is 25.1. The number of aromatic nitrogens is 6. The molecule has 0 bridgehead atoms. The third-order valence-corrected chi connectivity index (χ3v) is 21.1. The van der Waals surface area contributed by atoms with Crippen molar-refractivity contribution >= 4 is 43.4 Å². The average Bonchev–Trinajstić information content (AvgIpc) is 4.10. The topological polar surface area (TPSA) is 164 Å². The number of rotatable bonds is 10. The molecule has 0 aliphatic heterocycles. The number of sulfone groups is 2. The maximum Gasteiger partial charge on any atom is 0.191 e. The number of fused-ring (bicyclic) bond motifs is 4. The molecule has 16 heteroatoms. The molecule has 2 fully saturated rings. The Kier molecular flexibility index (Phi) is 12.6. The van der Waals surface area contributed by atoms with Gasteiger partial charge in [-0.2, -0.15) is 10.2 Å². The molecule has 0 spiro atoms. The van der Waals surface area contributed by atoms with Gasteiger partial charge in [0, 0.05) is 12.4 Å². The zero-order chi connectivity index (χ0) is 53.1. The predicted molar refractivity (Wildman–Crippen MR) is 284 cm³/mol. The maximum atomic E-state index is 14.3. The molecule has 4 atom stereocenters. The lowest BCUT2D eigenvalue weighted by atomic mass is 9.59. The van der Waals surface area contributed by atoms with Crippen LogP contribution in [0.4, 0.5) is 8.78 Å². The number of carbonyl (C=O) groups excluding carboxylic acids is 2. The summed E-state index contributed by atoms with van der Waals surface area (Å²) < 4.78 is 84.1. The van der Waals surface area contributed by atoms with Crippen LogP contribution in [0.5, 0.6) is 0 Å². The van der Waals surface area contributed by atoms with E-state index in [-0.39, 0.29) is 45.8 Å². The number of Topliss-reactive ketones (excluding diaryl/α,β-unsaturated/α-hetero) is 2. The van der Waals surface area contributed by atoms with E-state index in [0.29, 0.717) is 61.3 Å². The lowest BCUT2D eigenvalue weighted by molar-refractivity contribution is 0.0767. The van der Waals surface area contributed by atoms with E-state index in [1.165, 1.54) is 24.3 Å². The number of allylic oxidation sites excluding steroid dienone is 2. The summed E-state index contributed by atoms with van der Waals surface area (Å²) in [6, 6.07) is 39.5. The molecule has 8 aromatic rings. The highest BCUT2D eigenvalue weighted by atomic mass is 32.2. The molecular formula is C60H52F2N6O6S2. The summed E-state index contributed by atoms with van der Waals surface area (Å²) in [5.41, 5.74) is 4.97. The summed E-state index contributed by atoms with van der Waals surface area (Å²) in [4.78, 5) is 37.7. The Morgan fingerprint density at radius 3 is 1.22 bits per heavy atom. The van der Waals surface area contributed by atoms with E-state index in [0.717, 1.165) is 33.7 Å². The van der Waals surface area contributed by atoms with E-state index in [4.69, 9.17) is 0 Å². The van der Waals surface area contributed by atoms with Crippen LogP contribution in [0.3, 0.4) is 0 Å². The van der Waals surface area contributed by atoms with Crippen LogP contribution in [0.25, 0.3) is 23.5 Å². The Morgan fingerprint density at radius 1 is 0.500 bits per heavy atom. The Hall–Kier alpha value is -7.82. The smallest absolute Gasteiger partial charge is 0.191 e. The zero-order valence-electron chi connectivity index (χ0n) is 41.7. The van der Waals surface area contributed by atoms with Gasteiger partial charge >= 0.3 is 0 Å². The SMILES string of the molecule is C[C@@]1(S(=O)(=O)c2ccccc2)CCC2=Cc3c(cnn3-c3ccc(F)cc3)C[C@]2(C(=O)c2ccccn2)C1.C[C@]1(S(=O)(=O)c2ccccc2)CCC2=Cc3c(cnn3-c3ccc(F)cc3)C[C@]2(C(=O)c2ccccn2)C1. The van der Waals surface area contributed by atoms with Crippen LogP contribution in [0.15, 0.2) is 191 Å². The minimum absolute atomic E-state index is 0.139. The molecule has 0 N–H and O–H groups in total. The second-order valence-corrected chi connectivity index (χ2v) is 25.6. The molecule has 0 unspecified atom stereocenters. The molecule has 4 aliphatic carbocycles. The average molecular weight is 1060 g/mol. The van der Waals surface area contributed by atoms with Gasteiger partial charge in [0.1, 0.15) is 23.0 Å². The highest BCUT2D eigenvalue weighted by Gasteiger charge is 2.58. The van der Waals surface area contributed by atoms with Gasteiger partial charge in [-0.1, -0.05) is 59.7 Å². The van der Waals surface area contributed by atoms with Gasteiger partial charge in [-0.25, -0.2) is 35.0 Å². The van der Waals surface area contributed by atoms with E-state index in [9.17, 15) is 35.2 Å². The van der Waals surface area contributed by atoms with Crippen LogP contribution in [0, 0.1) is 22.5 Å². The van der Waals surface area contributed by atoms with Crippen LogP contribution in [0.1, 0.15) is 95.9 Å². The molecule has 4 heterocycles. The fraction of sp³-hybridized carbons (Fsp3) is 0.233. The van der Waals surface area contributed by atoms with Gasteiger partial charge in [0.15, 0.2) is 31.2 Å². The lowest BCUT2D eigenvalue weighted by Gasteiger charge is -2.48. The largest absolute Gasteiger partial charge is 0.291 e. The first kappa shape index (κ1) is 50.3. The summed E-state index contributed by atoms with van der Waals surface area (Å²) in [5.74, 6) is -1.03. The Labute approximate surface area is 439 Å². The molecule has 0 saturated heterocycles. The molecule has 76 heavy (non-hydrogen) atoms. The van der Waals surface area contributed by atoms with Gasteiger partial charge in [0.25, 0.3) is 0 Å². The van der Waals surface area contributed by atoms with E-state index in [1.807, 2.05) is 12.2 Å². The first-order chi connectivity index (χ1) is 36.5. The number of carbonyl (C=O) groups is 2. The molecule has 0 radical (unpaired) electrons. The van der Waals surface area contributed by atoms with E-state index >= 15 is 0 Å². The Morgan fingerprint density at radius 2 is 0.868 bits per heavy atom. The number of nitrogens with zero attached hydrogens (tertiary/aromatic N) is 6. The molecule has 384 valence electrons. The van der Waals surface area contributed by atoms with Gasteiger partial charge in [-0.15, -0.1) is 0 Å². The Balaban J connectivity index is 0.000000162. The summed E-state index contributed by atoms with van der Waals surface area (Å²) in [6.45, 7) is 3.52. The van der Waals surface area contributed by atoms with E-state index in [1.54, 1.807) is 169 Å². The highest BCUT2D eigenvalue weighted by Crippen LogP contribution is 2.57. The third-order valence-electron chi connectivity index (χ3n) is 16.0. The maximum absolute atomic E-state index is 14.3. The third kappa shape index (κ3) is 8.47. The molecule has 4 aliphatic rings. The van der Waals surface area contributed by atoms with Crippen LogP contribution < -0.4 is 0 Å². The summed E-state index contributed by atoms with van der Waals surface area (Å²) in [5, 5.41) is 9.11. The van der Waals surface area contributed by atoms with Crippen LogP contribution in [-0.2, 0) is 32.5 Å². The normalized spacial score (nSPS) is 22.7. The number of ketones is 2. The summed E-state index contributed by atoms with van der Waals surface area (Å²) in [6.07, 6.45) is 13.1. The van der Waals surface area contributed by atoms with Crippen molar-refractivity contribution in [2.24, 2.45) is 10.8 Å². The number of pyridine rings is 2. The van der Waals surface area contributed by atoms with Gasteiger partial charge < -0.3 is 0 Å². The zero-order valence-corrected chi connectivity index (χ0v) is 43.3. The fourth-order valence-electron chi connectivity index (χ4n) is 12.0. The van der Waals surface area contributed by atoms with Crippen molar-refractivity contribution in [1.82, 2.24) is 29.5 Å². The predicted octanol–water partition coefficient (Wildman–Crippen LogP) is 11.3. The van der Waals surface area contributed by atoms with Gasteiger partial charge in [0.05, 0.1) is 65.3 Å². The van der Waals surface area contributed by atoms with Gasteiger partial charge in [0.2, 0.25) is 0 Å². The Bertz CT molecular complexity index is 3580. The first-order valence-corrected chi connectivity index (χ1v) is 28.0. The molecular weight excluding hydrogens is 1000 g/mol. The standard InChI is InChI=1S/2C30H26FN3O3S/c2*1-29(38(36,37)25-7-3-2-4-8-25)15-14-22-17-27-21(19-33-34(27)24-12-10-23(31)11-13-24)18-30(22,20-29)28(35)26-9-5-6-16-32-26/h2*2-13,16-17,19H,14-15,18,20H2,1H3/t29-,30+;29-,30-/m10/s1. The molecule has 4 aromatic carbocycles. The lowest BCUT2D eigenvalue weighted by Crippen LogP contribution is -2.51. The van der Waals surface area contributed by atoms with Crippen molar-refractivity contribution < 1.29 is 35.2 Å². The molecule has 2 saturated carbocycles. The van der Waals surface area contributed by atoms with Crippen LogP contribution in [0.2, 0.25) is 0 Å². The molecule has 12 nitrogen and oxygen atoms in total. The highest BCUT2D eigenvalue weighted by molar-refractivity contribution is 7.93. The van der Waals surface area contributed by atoms with Crippen LogP contribution >= 0.6 is 0 Å². The number of benzene rings is 4. The fourth-order valence-corrected chi connectivity index (χ4v) is 15.8.